The van der Waals surface area contributed by atoms with E-state index in [1.165, 1.54) is 30.3 Å². The quantitative estimate of drug-likeness (QED) is 0.429. The molecule has 0 saturated carbocycles. The molecule has 122 valence electrons. The summed E-state index contributed by atoms with van der Waals surface area (Å²) in [6, 6.07) is 15.3. The van der Waals surface area contributed by atoms with Crippen LogP contribution in [-0.4, -0.2) is 4.92 Å². The van der Waals surface area contributed by atoms with Crippen molar-refractivity contribution in [2.75, 3.05) is 0 Å². The maximum Gasteiger partial charge on any atom is 0.426 e. The summed E-state index contributed by atoms with van der Waals surface area (Å²) in [7, 11) is 0. The third-order valence-electron chi connectivity index (χ3n) is 3.44. The second-order valence-electron chi connectivity index (χ2n) is 5.02. The van der Waals surface area contributed by atoms with Gasteiger partial charge in [-0.1, -0.05) is 30.3 Å². The van der Waals surface area contributed by atoms with Crippen molar-refractivity contribution in [3.63, 3.8) is 0 Å². The van der Waals surface area contributed by atoms with Crippen molar-refractivity contribution in [2.45, 2.75) is 6.18 Å². The molecule has 0 atom stereocenters. The van der Waals surface area contributed by atoms with Gasteiger partial charge < -0.3 is 0 Å². The van der Waals surface area contributed by atoms with E-state index in [-0.39, 0.29) is 11.3 Å². The molecule has 0 radical (unpaired) electrons. The molecule has 0 amide bonds. The predicted octanol–water partition coefficient (Wildman–Crippen LogP) is 6.01. The van der Waals surface area contributed by atoms with Crippen LogP contribution >= 0.6 is 11.3 Å². The van der Waals surface area contributed by atoms with Crippen molar-refractivity contribution < 1.29 is 18.1 Å². The number of nitro benzene ring substituents is 1. The summed E-state index contributed by atoms with van der Waals surface area (Å²) < 4.78 is 40.1. The van der Waals surface area contributed by atoms with Gasteiger partial charge in [0.05, 0.1) is 4.92 Å². The Kier molecular flexibility index (Phi) is 4.11. The van der Waals surface area contributed by atoms with E-state index in [1.54, 1.807) is 30.3 Å². The number of nitro groups is 1. The fraction of sp³-hybridized carbons (Fsp3) is 0.0588. The molecule has 7 heteroatoms. The second-order valence-corrected chi connectivity index (χ2v) is 6.07. The van der Waals surface area contributed by atoms with E-state index in [1.807, 2.05) is 0 Å². The molecule has 0 bridgehead atoms. The minimum atomic E-state index is -4.46. The highest BCUT2D eigenvalue weighted by Crippen LogP contribution is 2.45. The van der Waals surface area contributed by atoms with Crippen molar-refractivity contribution in [1.82, 2.24) is 0 Å². The summed E-state index contributed by atoms with van der Waals surface area (Å²) in [6.07, 6.45) is -4.46. The Balaban J connectivity index is 2.10. The number of thiophene rings is 1. The molecule has 3 nitrogen and oxygen atoms in total. The molecule has 0 saturated heterocycles. The largest absolute Gasteiger partial charge is 0.426 e. The number of alkyl halides is 3. The number of nitrogens with zero attached hydrogens (tertiary/aromatic N) is 1. The standard InChI is InChI=1S/C17H10F3NO2S/c18-17(19,20)16-14(11-4-2-1-3-5-11)10-15(24-16)12-6-8-13(9-7-12)21(22)23/h1-10H. The van der Waals surface area contributed by atoms with Crippen LogP contribution in [0.5, 0.6) is 0 Å². The van der Waals surface area contributed by atoms with Crippen molar-refractivity contribution >= 4 is 17.0 Å². The zero-order valence-corrected chi connectivity index (χ0v) is 12.9. The van der Waals surface area contributed by atoms with Crippen LogP contribution in [0.15, 0.2) is 60.7 Å². The zero-order valence-electron chi connectivity index (χ0n) is 12.1. The van der Waals surface area contributed by atoms with Crippen LogP contribution in [0.1, 0.15) is 4.88 Å². The number of rotatable bonds is 3. The van der Waals surface area contributed by atoms with E-state index in [0.29, 0.717) is 27.3 Å². The van der Waals surface area contributed by atoms with Gasteiger partial charge in [0, 0.05) is 22.6 Å². The minimum absolute atomic E-state index is 0.102. The van der Waals surface area contributed by atoms with Gasteiger partial charge in [-0.15, -0.1) is 11.3 Å². The first-order chi connectivity index (χ1) is 11.4. The van der Waals surface area contributed by atoms with Crippen LogP contribution in [0.4, 0.5) is 18.9 Å². The summed E-state index contributed by atoms with van der Waals surface area (Å²) in [5, 5.41) is 10.7. The predicted molar refractivity (Wildman–Crippen MR) is 86.8 cm³/mol. The molecule has 0 aliphatic rings. The average Bonchev–Trinajstić information content (AvgIpc) is 3.01. The van der Waals surface area contributed by atoms with Crippen LogP contribution in [0, 0.1) is 10.1 Å². The first kappa shape index (κ1) is 16.2. The Morgan fingerprint density at radius 2 is 1.54 bits per heavy atom. The molecule has 3 rings (SSSR count). The van der Waals surface area contributed by atoms with Gasteiger partial charge in [0.25, 0.3) is 5.69 Å². The van der Waals surface area contributed by atoms with Gasteiger partial charge in [0.2, 0.25) is 0 Å². The van der Waals surface area contributed by atoms with Crippen molar-refractivity contribution in [2.24, 2.45) is 0 Å². The van der Waals surface area contributed by atoms with Crippen LogP contribution in [0.2, 0.25) is 0 Å². The summed E-state index contributed by atoms with van der Waals surface area (Å²) in [5.41, 5.74) is 1.00. The highest BCUT2D eigenvalue weighted by atomic mass is 32.1. The second kappa shape index (κ2) is 6.09. The monoisotopic (exact) mass is 349 g/mol. The first-order valence-corrected chi connectivity index (χ1v) is 7.69. The first-order valence-electron chi connectivity index (χ1n) is 6.87. The van der Waals surface area contributed by atoms with E-state index in [4.69, 9.17) is 0 Å². The normalized spacial score (nSPS) is 11.5. The van der Waals surface area contributed by atoms with Crippen molar-refractivity contribution in [3.8, 4) is 21.6 Å². The highest BCUT2D eigenvalue weighted by Gasteiger charge is 2.36. The molecule has 0 fully saturated rings. The Morgan fingerprint density at radius 3 is 2.08 bits per heavy atom. The lowest BCUT2D eigenvalue weighted by molar-refractivity contribution is -0.384. The van der Waals surface area contributed by atoms with Gasteiger partial charge in [-0.25, -0.2) is 0 Å². The van der Waals surface area contributed by atoms with Crippen LogP contribution in [-0.2, 0) is 6.18 Å². The van der Waals surface area contributed by atoms with Crippen LogP contribution in [0.25, 0.3) is 21.6 Å². The van der Waals surface area contributed by atoms with Crippen molar-refractivity contribution in [1.29, 1.82) is 0 Å². The Labute approximate surface area is 139 Å². The molecule has 0 aliphatic carbocycles. The van der Waals surface area contributed by atoms with Gasteiger partial charge in [0.15, 0.2) is 0 Å². The Bertz CT molecular complexity index is 871. The molecule has 1 heterocycles. The summed E-state index contributed by atoms with van der Waals surface area (Å²) in [5.74, 6) is 0. The molecule has 0 spiro atoms. The maximum absolute atomic E-state index is 13.4. The average molecular weight is 349 g/mol. The molecule has 2 aromatic carbocycles. The van der Waals surface area contributed by atoms with Gasteiger partial charge in [-0.3, -0.25) is 10.1 Å². The summed E-state index contributed by atoms with van der Waals surface area (Å²) >= 11 is 0.634. The molecule has 1 aromatic heterocycles. The highest BCUT2D eigenvalue weighted by molar-refractivity contribution is 7.16. The number of hydrogen-bond acceptors (Lipinski definition) is 3. The van der Waals surface area contributed by atoms with E-state index < -0.39 is 16.0 Å². The lowest BCUT2D eigenvalue weighted by Gasteiger charge is -2.07. The molecule has 0 unspecified atom stereocenters. The van der Waals surface area contributed by atoms with Crippen LogP contribution < -0.4 is 0 Å². The van der Waals surface area contributed by atoms with E-state index in [9.17, 15) is 23.3 Å². The summed E-state index contributed by atoms with van der Waals surface area (Å²) in [6.45, 7) is 0. The third kappa shape index (κ3) is 3.16. The van der Waals surface area contributed by atoms with E-state index in [2.05, 4.69) is 0 Å². The maximum atomic E-state index is 13.4. The number of benzene rings is 2. The number of non-ortho nitro benzene ring substituents is 1. The lowest BCUT2D eigenvalue weighted by atomic mass is 10.0. The van der Waals surface area contributed by atoms with Gasteiger partial charge in [0.1, 0.15) is 4.88 Å². The summed E-state index contributed by atoms with van der Waals surface area (Å²) in [4.78, 5) is 9.87. The molecule has 0 aliphatic heterocycles. The smallest absolute Gasteiger partial charge is 0.258 e. The fourth-order valence-corrected chi connectivity index (χ4v) is 3.38. The van der Waals surface area contributed by atoms with E-state index >= 15 is 0 Å². The van der Waals surface area contributed by atoms with Gasteiger partial charge in [-0.05, 0) is 29.3 Å². The van der Waals surface area contributed by atoms with Gasteiger partial charge in [-0.2, -0.15) is 13.2 Å². The van der Waals surface area contributed by atoms with Crippen LogP contribution in [0.3, 0.4) is 0 Å². The number of hydrogen-bond donors (Lipinski definition) is 0. The molecular formula is C17H10F3NO2S. The topological polar surface area (TPSA) is 43.1 Å². The molecular weight excluding hydrogens is 339 g/mol. The minimum Gasteiger partial charge on any atom is -0.258 e. The lowest BCUT2D eigenvalue weighted by Crippen LogP contribution is -2.03. The Hall–Kier alpha value is -2.67. The van der Waals surface area contributed by atoms with Gasteiger partial charge >= 0.3 is 6.18 Å². The molecule has 24 heavy (non-hydrogen) atoms. The fourth-order valence-electron chi connectivity index (χ4n) is 2.32. The third-order valence-corrected chi connectivity index (χ3v) is 4.67. The van der Waals surface area contributed by atoms with Crippen molar-refractivity contribution in [3.05, 3.63) is 75.7 Å². The molecule has 3 aromatic rings. The SMILES string of the molecule is O=[N+]([O-])c1ccc(-c2cc(-c3ccccc3)c(C(F)(F)F)s2)cc1. The zero-order chi connectivity index (χ0) is 17.3. The van der Waals surface area contributed by atoms with E-state index in [0.717, 1.165) is 0 Å². The Morgan fingerprint density at radius 1 is 0.917 bits per heavy atom. The molecule has 0 N–H and O–H groups in total. The number of halogens is 3.